The van der Waals surface area contributed by atoms with Crippen molar-refractivity contribution in [2.75, 3.05) is 0 Å². The van der Waals surface area contributed by atoms with Crippen LogP contribution in [0.3, 0.4) is 0 Å². The van der Waals surface area contributed by atoms with Gasteiger partial charge in [-0.05, 0) is 46.7 Å². The van der Waals surface area contributed by atoms with Crippen LogP contribution in [0.25, 0.3) is 17.3 Å². The van der Waals surface area contributed by atoms with E-state index < -0.39 is 0 Å². The first-order valence-corrected chi connectivity index (χ1v) is 8.60. The van der Waals surface area contributed by atoms with Crippen LogP contribution in [-0.2, 0) is 11.3 Å². The molecule has 0 fully saturated rings. The zero-order valence-corrected chi connectivity index (χ0v) is 13.4. The normalized spacial score (nSPS) is 10.9. The number of aromatic nitrogens is 1. The molecule has 0 unspecified atom stereocenters. The fourth-order valence-corrected chi connectivity index (χ4v) is 3.21. The molecule has 0 aliphatic heterocycles. The lowest BCUT2D eigenvalue weighted by molar-refractivity contribution is -0.116. The zero-order valence-electron chi connectivity index (χ0n) is 11.7. The van der Waals surface area contributed by atoms with Crippen LogP contribution in [0.1, 0.15) is 10.4 Å². The number of thiophene rings is 2. The molecule has 3 rings (SSSR count). The van der Waals surface area contributed by atoms with E-state index in [0.29, 0.717) is 6.54 Å². The molecule has 1 amide bonds. The van der Waals surface area contributed by atoms with Crippen LogP contribution in [0.15, 0.2) is 58.7 Å². The summed E-state index contributed by atoms with van der Waals surface area (Å²) >= 11 is 3.25. The third-order valence-corrected chi connectivity index (χ3v) is 4.57. The van der Waals surface area contributed by atoms with Crippen molar-refractivity contribution in [3.05, 3.63) is 69.2 Å². The second-order valence-corrected chi connectivity index (χ2v) is 6.39. The minimum absolute atomic E-state index is 0.0951. The molecule has 5 heteroatoms. The molecule has 22 heavy (non-hydrogen) atoms. The minimum Gasteiger partial charge on any atom is -0.348 e. The summed E-state index contributed by atoms with van der Waals surface area (Å²) in [4.78, 5) is 17.2. The molecule has 0 spiro atoms. The van der Waals surface area contributed by atoms with E-state index >= 15 is 0 Å². The van der Waals surface area contributed by atoms with Crippen molar-refractivity contribution in [3.8, 4) is 11.3 Å². The number of hydrogen-bond donors (Lipinski definition) is 1. The Hall–Kier alpha value is -2.24. The Balaban J connectivity index is 1.59. The molecule has 0 aliphatic rings. The zero-order chi connectivity index (χ0) is 15.2. The largest absolute Gasteiger partial charge is 0.348 e. The number of carbonyl (C=O) groups is 1. The molecule has 3 aromatic rings. The molecular weight excluding hydrogens is 312 g/mol. The summed E-state index contributed by atoms with van der Waals surface area (Å²) in [6.45, 7) is 0.493. The van der Waals surface area contributed by atoms with E-state index in [1.165, 1.54) is 0 Å². The fourth-order valence-electron chi connectivity index (χ4n) is 1.94. The van der Waals surface area contributed by atoms with Gasteiger partial charge < -0.3 is 5.32 Å². The SMILES string of the molecule is O=C(/C=C/c1cccs1)NCc1ccnc(-c2ccsc2)c1. The van der Waals surface area contributed by atoms with Gasteiger partial charge in [0.2, 0.25) is 5.91 Å². The Labute approximate surface area is 137 Å². The Bertz CT molecular complexity index is 762. The van der Waals surface area contributed by atoms with Gasteiger partial charge in [-0.3, -0.25) is 9.78 Å². The number of hydrogen-bond acceptors (Lipinski definition) is 4. The summed E-state index contributed by atoms with van der Waals surface area (Å²) in [5.74, 6) is -0.0951. The quantitative estimate of drug-likeness (QED) is 0.714. The summed E-state index contributed by atoms with van der Waals surface area (Å²) in [5.41, 5.74) is 3.08. The van der Waals surface area contributed by atoms with Crippen molar-refractivity contribution < 1.29 is 4.79 Å². The molecule has 0 radical (unpaired) electrons. The summed E-state index contributed by atoms with van der Waals surface area (Å²) in [5, 5.41) is 8.97. The highest BCUT2D eigenvalue weighted by atomic mass is 32.1. The van der Waals surface area contributed by atoms with E-state index in [2.05, 4.69) is 15.7 Å². The smallest absolute Gasteiger partial charge is 0.244 e. The molecule has 1 N–H and O–H groups in total. The van der Waals surface area contributed by atoms with Gasteiger partial charge in [-0.1, -0.05) is 6.07 Å². The lowest BCUT2D eigenvalue weighted by Crippen LogP contribution is -2.20. The standard InChI is InChI=1S/C17H14N2OS2/c20-17(4-3-15-2-1-8-22-15)19-11-13-5-7-18-16(10-13)14-6-9-21-12-14/h1-10,12H,11H2,(H,19,20)/b4-3+. The molecule has 110 valence electrons. The number of carbonyl (C=O) groups excluding carboxylic acids is 1. The average Bonchev–Trinajstić information content (AvgIpc) is 3.24. The fraction of sp³-hybridized carbons (Fsp3) is 0.0588. The topological polar surface area (TPSA) is 42.0 Å². The van der Waals surface area contributed by atoms with Gasteiger partial charge in [0.15, 0.2) is 0 Å². The molecular formula is C17H14N2OS2. The van der Waals surface area contributed by atoms with Gasteiger partial charge in [0.25, 0.3) is 0 Å². The van der Waals surface area contributed by atoms with Crippen LogP contribution in [0.4, 0.5) is 0 Å². The average molecular weight is 326 g/mol. The number of rotatable bonds is 5. The Morgan fingerprint density at radius 1 is 1.27 bits per heavy atom. The summed E-state index contributed by atoms with van der Waals surface area (Å²) in [6.07, 6.45) is 5.16. The lowest BCUT2D eigenvalue weighted by atomic mass is 10.1. The molecule has 3 aromatic heterocycles. The van der Waals surface area contributed by atoms with E-state index in [9.17, 15) is 4.79 Å². The number of amides is 1. The Kier molecular flexibility index (Phi) is 4.78. The van der Waals surface area contributed by atoms with Crippen molar-refractivity contribution in [1.82, 2.24) is 10.3 Å². The van der Waals surface area contributed by atoms with Crippen LogP contribution in [0.2, 0.25) is 0 Å². The van der Waals surface area contributed by atoms with E-state index in [4.69, 9.17) is 0 Å². The van der Waals surface area contributed by atoms with Crippen LogP contribution in [0, 0.1) is 0 Å². The molecule has 0 atom stereocenters. The number of nitrogens with zero attached hydrogens (tertiary/aromatic N) is 1. The second-order valence-electron chi connectivity index (χ2n) is 4.63. The highest BCUT2D eigenvalue weighted by Gasteiger charge is 2.02. The molecule has 0 saturated carbocycles. The highest BCUT2D eigenvalue weighted by molar-refractivity contribution is 7.10. The van der Waals surface area contributed by atoms with Crippen molar-refractivity contribution >= 4 is 34.7 Å². The molecule has 0 aliphatic carbocycles. The van der Waals surface area contributed by atoms with Gasteiger partial charge >= 0.3 is 0 Å². The summed E-state index contributed by atoms with van der Waals surface area (Å²) in [6, 6.07) is 9.90. The van der Waals surface area contributed by atoms with Crippen LogP contribution in [-0.4, -0.2) is 10.9 Å². The first kappa shape index (κ1) is 14.7. The maximum atomic E-state index is 11.8. The van der Waals surface area contributed by atoms with Gasteiger partial charge in [0.05, 0.1) is 5.69 Å². The number of nitrogens with one attached hydrogen (secondary N) is 1. The lowest BCUT2D eigenvalue weighted by Gasteiger charge is -2.04. The van der Waals surface area contributed by atoms with E-state index in [1.54, 1.807) is 34.9 Å². The van der Waals surface area contributed by atoms with Gasteiger partial charge in [-0.15, -0.1) is 11.3 Å². The molecule has 3 heterocycles. The van der Waals surface area contributed by atoms with Gasteiger partial charge in [-0.25, -0.2) is 0 Å². The predicted molar refractivity (Wildman–Crippen MR) is 92.7 cm³/mol. The molecule has 0 saturated heterocycles. The maximum Gasteiger partial charge on any atom is 0.244 e. The molecule has 0 aromatic carbocycles. The first-order valence-electron chi connectivity index (χ1n) is 6.78. The van der Waals surface area contributed by atoms with Crippen LogP contribution in [0.5, 0.6) is 0 Å². The monoisotopic (exact) mass is 326 g/mol. The van der Waals surface area contributed by atoms with Gasteiger partial charge in [0.1, 0.15) is 0 Å². The third kappa shape index (κ3) is 3.90. The van der Waals surface area contributed by atoms with E-state index in [1.807, 2.05) is 47.2 Å². The van der Waals surface area contributed by atoms with Gasteiger partial charge in [0, 0.05) is 34.6 Å². The van der Waals surface area contributed by atoms with Crippen LogP contribution < -0.4 is 5.32 Å². The van der Waals surface area contributed by atoms with Crippen molar-refractivity contribution in [3.63, 3.8) is 0 Å². The highest BCUT2D eigenvalue weighted by Crippen LogP contribution is 2.20. The number of pyridine rings is 1. The second kappa shape index (κ2) is 7.15. The minimum atomic E-state index is -0.0951. The van der Waals surface area contributed by atoms with Gasteiger partial charge in [-0.2, -0.15) is 11.3 Å². The maximum absolute atomic E-state index is 11.8. The van der Waals surface area contributed by atoms with E-state index in [0.717, 1.165) is 21.7 Å². The van der Waals surface area contributed by atoms with Crippen LogP contribution >= 0.6 is 22.7 Å². The molecule has 0 bridgehead atoms. The first-order chi connectivity index (χ1) is 10.8. The Morgan fingerprint density at radius 3 is 3.00 bits per heavy atom. The van der Waals surface area contributed by atoms with Crippen molar-refractivity contribution in [2.45, 2.75) is 6.54 Å². The van der Waals surface area contributed by atoms with Crippen molar-refractivity contribution in [2.24, 2.45) is 0 Å². The molecule has 3 nitrogen and oxygen atoms in total. The summed E-state index contributed by atoms with van der Waals surface area (Å²) in [7, 11) is 0. The Morgan fingerprint density at radius 2 is 2.23 bits per heavy atom. The summed E-state index contributed by atoms with van der Waals surface area (Å²) < 4.78 is 0. The predicted octanol–water partition coefficient (Wildman–Crippen LogP) is 4.20. The van der Waals surface area contributed by atoms with Crippen molar-refractivity contribution in [1.29, 1.82) is 0 Å². The van der Waals surface area contributed by atoms with E-state index in [-0.39, 0.29) is 5.91 Å². The third-order valence-electron chi connectivity index (χ3n) is 3.05.